The second-order valence-electron chi connectivity index (χ2n) is 7.93. The Bertz CT molecular complexity index is 1060. The zero-order chi connectivity index (χ0) is 23.6. The molecule has 0 aromatic heterocycles. The summed E-state index contributed by atoms with van der Waals surface area (Å²) >= 11 is 0. The molecule has 0 saturated heterocycles. The molecule has 1 aliphatic heterocycles. The normalized spacial score (nSPS) is 21.1. The molecule has 1 aromatic rings. The molecule has 0 fully saturated rings. The Morgan fingerprint density at radius 2 is 1.70 bits per heavy atom. The van der Waals surface area contributed by atoms with Gasteiger partial charge >= 0.3 is 0 Å². The molecule has 1 atom stereocenters. The summed E-state index contributed by atoms with van der Waals surface area (Å²) in [5.74, 6) is 0. The van der Waals surface area contributed by atoms with Crippen LogP contribution >= 0.6 is 0 Å². The summed E-state index contributed by atoms with van der Waals surface area (Å²) in [4.78, 5) is 2.09. The van der Waals surface area contributed by atoms with Crippen molar-refractivity contribution in [3.8, 4) is 0 Å². The van der Waals surface area contributed by atoms with Crippen molar-refractivity contribution >= 4 is 11.4 Å². The number of hydrogen-bond donors (Lipinski definition) is 3. The van der Waals surface area contributed by atoms with Gasteiger partial charge in [0.25, 0.3) is 0 Å². The Morgan fingerprint density at radius 1 is 1.00 bits per heavy atom. The van der Waals surface area contributed by atoms with E-state index in [4.69, 9.17) is 0 Å². The van der Waals surface area contributed by atoms with Crippen LogP contribution in [-0.2, 0) is 0 Å². The molecule has 1 unspecified atom stereocenters. The molecule has 33 heavy (non-hydrogen) atoms. The monoisotopic (exact) mass is 438 g/mol. The molecule has 0 radical (unpaired) electrons. The third-order valence-corrected chi connectivity index (χ3v) is 5.35. The van der Waals surface area contributed by atoms with Crippen molar-refractivity contribution in [3.05, 3.63) is 132 Å². The smallest absolute Gasteiger partial charge is 0.152 e. The van der Waals surface area contributed by atoms with E-state index in [1.807, 2.05) is 62.8 Å². The SMILES string of the molecule is C=C1/C=C\C=C/N(c2cc(C)cc(NC(NC)N/C(=C\C)C3=CCC=C3)c2)/C=C\C=C/C1=C. The highest BCUT2D eigenvalue weighted by atomic mass is 15.3. The average Bonchev–Trinajstić information content (AvgIpc) is 3.33. The van der Waals surface area contributed by atoms with Gasteiger partial charge in [-0.15, -0.1) is 0 Å². The van der Waals surface area contributed by atoms with Gasteiger partial charge in [-0.2, -0.15) is 0 Å². The van der Waals surface area contributed by atoms with E-state index in [2.05, 4.69) is 83.4 Å². The quantitative estimate of drug-likeness (QED) is 0.433. The van der Waals surface area contributed by atoms with Crippen LogP contribution in [0.3, 0.4) is 0 Å². The topological polar surface area (TPSA) is 39.3 Å². The molecule has 4 nitrogen and oxygen atoms in total. The van der Waals surface area contributed by atoms with Gasteiger partial charge in [0.15, 0.2) is 6.29 Å². The van der Waals surface area contributed by atoms with Crippen molar-refractivity contribution in [2.24, 2.45) is 0 Å². The standard InChI is InChI=1S/C29H34N4/c1-6-28(25-15-7-8-16-25)32-29(30-5)31-26-19-22(2)20-27(21-26)33-17-11-9-13-23(3)24(4)14-10-12-18-33/h6-7,9-21,29-32H,3-4,8H2,1-2,5H3/b13-9-,14-10-,17-11-,18-12-,28-6-. The number of benzene rings is 1. The van der Waals surface area contributed by atoms with E-state index >= 15 is 0 Å². The molecule has 1 aromatic carbocycles. The number of anilines is 2. The number of nitrogens with zero attached hydrogens (tertiary/aromatic N) is 1. The first-order valence-electron chi connectivity index (χ1n) is 11.2. The van der Waals surface area contributed by atoms with Crippen LogP contribution in [0.25, 0.3) is 0 Å². The van der Waals surface area contributed by atoms with Crippen LogP contribution in [0.2, 0.25) is 0 Å². The van der Waals surface area contributed by atoms with Crippen LogP contribution in [0.4, 0.5) is 11.4 Å². The molecule has 4 heteroatoms. The molecule has 3 N–H and O–H groups in total. The van der Waals surface area contributed by atoms with Gasteiger partial charge in [-0.05, 0) is 79.9 Å². The Kier molecular flexibility index (Phi) is 8.50. The molecule has 170 valence electrons. The van der Waals surface area contributed by atoms with Crippen molar-refractivity contribution in [2.75, 3.05) is 17.3 Å². The predicted octanol–water partition coefficient (Wildman–Crippen LogP) is 6.36. The van der Waals surface area contributed by atoms with E-state index in [1.54, 1.807) is 0 Å². The maximum Gasteiger partial charge on any atom is 0.152 e. The zero-order valence-corrected chi connectivity index (χ0v) is 19.8. The second-order valence-corrected chi connectivity index (χ2v) is 7.93. The van der Waals surface area contributed by atoms with E-state index in [9.17, 15) is 0 Å². The van der Waals surface area contributed by atoms with Crippen LogP contribution in [0.5, 0.6) is 0 Å². The molecule has 1 aliphatic carbocycles. The first-order valence-corrected chi connectivity index (χ1v) is 11.2. The molecule has 3 rings (SSSR count). The lowest BCUT2D eigenvalue weighted by Gasteiger charge is -2.25. The highest BCUT2D eigenvalue weighted by molar-refractivity contribution is 5.64. The Balaban J connectivity index is 1.82. The lowest BCUT2D eigenvalue weighted by atomic mass is 10.1. The van der Waals surface area contributed by atoms with Crippen LogP contribution in [-0.4, -0.2) is 13.3 Å². The van der Waals surface area contributed by atoms with E-state index in [-0.39, 0.29) is 6.29 Å². The van der Waals surface area contributed by atoms with Crippen LogP contribution in [0.1, 0.15) is 18.9 Å². The highest BCUT2D eigenvalue weighted by Gasteiger charge is 2.12. The summed E-state index contributed by atoms with van der Waals surface area (Å²) < 4.78 is 0. The maximum absolute atomic E-state index is 4.05. The van der Waals surface area contributed by atoms with Crippen molar-refractivity contribution < 1.29 is 0 Å². The summed E-state index contributed by atoms with van der Waals surface area (Å²) in [6.07, 6.45) is 25.5. The number of allylic oxidation sites excluding steroid dienone is 12. The van der Waals surface area contributed by atoms with Gasteiger partial charge in [-0.1, -0.05) is 61.8 Å². The van der Waals surface area contributed by atoms with Gasteiger partial charge in [-0.25, -0.2) is 0 Å². The van der Waals surface area contributed by atoms with Crippen molar-refractivity contribution in [1.29, 1.82) is 0 Å². The van der Waals surface area contributed by atoms with Crippen molar-refractivity contribution in [2.45, 2.75) is 26.6 Å². The van der Waals surface area contributed by atoms with Crippen LogP contribution < -0.4 is 20.9 Å². The summed E-state index contributed by atoms with van der Waals surface area (Å²) in [6, 6.07) is 6.45. The van der Waals surface area contributed by atoms with E-state index in [0.29, 0.717) is 0 Å². The fourth-order valence-electron chi connectivity index (χ4n) is 3.55. The number of hydrogen-bond acceptors (Lipinski definition) is 4. The first kappa shape index (κ1) is 23.9. The van der Waals surface area contributed by atoms with Gasteiger partial charge in [0.05, 0.1) is 0 Å². The number of rotatable bonds is 7. The van der Waals surface area contributed by atoms with Crippen LogP contribution in [0.15, 0.2) is 127 Å². The van der Waals surface area contributed by atoms with Gasteiger partial charge in [0, 0.05) is 29.5 Å². The van der Waals surface area contributed by atoms with Crippen molar-refractivity contribution in [3.63, 3.8) is 0 Å². The first-order chi connectivity index (χ1) is 16.0. The molecule has 0 spiro atoms. The second kappa shape index (κ2) is 11.7. The fourth-order valence-corrected chi connectivity index (χ4v) is 3.55. The van der Waals surface area contributed by atoms with Crippen LogP contribution in [0, 0.1) is 6.92 Å². The molecule has 2 aliphatic rings. The van der Waals surface area contributed by atoms with E-state index < -0.39 is 0 Å². The Morgan fingerprint density at radius 3 is 2.27 bits per heavy atom. The molecule has 0 bridgehead atoms. The number of nitrogens with one attached hydrogen (secondary N) is 3. The van der Waals surface area contributed by atoms with Gasteiger partial charge in [-0.3, -0.25) is 5.32 Å². The largest absolute Gasteiger partial charge is 0.353 e. The Hall–Kier alpha value is -3.76. The lowest BCUT2D eigenvalue weighted by Crippen LogP contribution is -2.46. The van der Waals surface area contributed by atoms with E-state index in [1.165, 1.54) is 11.1 Å². The molecular weight excluding hydrogens is 404 g/mol. The fraction of sp³-hybridized carbons (Fsp3) is 0.172. The third-order valence-electron chi connectivity index (χ3n) is 5.35. The van der Waals surface area contributed by atoms with Gasteiger partial charge in [0.1, 0.15) is 0 Å². The third kappa shape index (κ3) is 6.86. The summed E-state index contributed by atoms with van der Waals surface area (Å²) in [6.45, 7) is 12.3. The minimum Gasteiger partial charge on any atom is -0.353 e. The highest BCUT2D eigenvalue weighted by Crippen LogP contribution is 2.24. The van der Waals surface area contributed by atoms with E-state index in [0.717, 1.165) is 34.6 Å². The van der Waals surface area contributed by atoms with Crippen molar-refractivity contribution in [1.82, 2.24) is 10.6 Å². The van der Waals surface area contributed by atoms with Gasteiger partial charge < -0.3 is 15.5 Å². The predicted molar refractivity (Wildman–Crippen MR) is 144 cm³/mol. The maximum atomic E-state index is 4.05. The zero-order valence-electron chi connectivity index (χ0n) is 19.8. The Labute approximate surface area is 198 Å². The molecule has 0 saturated carbocycles. The summed E-state index contributed by atoms with van der Waals surface area (Å²) in [5, 5.41) is 10.4. The minimum absolute atomic E-state index is 0.128. The molecule has 0 amide bonds. The molecule has 1 heterocycles. The summed E-state index contributed by atoms with van der Waals surface area (Å²) in [7, 11) is 1.94. The number of aryl methyl sites for hydroxylation is 1. The summed E-state index contributed by atoms with van der Waals surface area (Å²) in [5.41, 5.74) is 7.36. The average molecular weight is 439 g/mol. The van der Waals surface area contributed by atoms with Gasteiger partial charge in [0.2, 0.25) is 0 Å². The minimum atomic E-state index is -0.128. The molecular formula is C29H34N4. The lowest BCUT2D eigenvalue weighted by molar-refractivity contribution is 0.557.